The lowest BCUT2D eigenvalue weighted by molar-refractivity contribution is 0.0697. The lowest BCUT2D eigenvalue weighted by Crippen LogP contribution is -2.38. The maximum absolute atomic E-state index is 12.2. The monoisotopic (exact) mass is 386 g/mol. The van der Waals surface area contributed by atoms with E-state index in [1.165, 1.54) is 12.1 Å². The van der Waals surface area contributed by atoms with Crippen LogP contribution in [-0.4, -0.2) is 25.6 Å². The van der Waals surface area contributed by atoms with E-state index >= 15 is 0 Å². The summed E-state index contributed by atoms with van der Waals surface area (Å²) in [5.74, 6) is -0.968. The number of aromatic carboxylic acids is 1. The molecule has 0 atom stereocenters. The molecule has 9 heteroatoms. The maximum Gasteiger partial charge on any atom is 0.355 e. The molecule has 3 rings (SSSR count). The molecule has 2 aromatic carbocycles. The van der Waals surface area contributed by atoms with E-state index in [4.69, 9.17) is 16.7 Å². The van der Waals surface area contributed by atoms with Crippen LogP contribution in [0.4, 0.5) is 5.95 Å². The second kappa shape index (κ2) is 7.88. The molecule has 8 nitrogen and oxygen atoms in total. The number of hydrogen-bond donors (Lipinski definition) is 3. The predicted molar refractivity (Wildman–Crippen MR) is 100 cm³/mol. The second-order valence-electron chi connectivity index (χ2n) is 5.74. The third-order valence-corrected chi connectivity index (χ3v) is 4.08. The molecule has 0 unspecified atom stereocenters. The molecule has 3 N–H and O–H groups in total. The van der Waals surface area contributed by atoms with E-state index in [9.17, 15) is 14.4 Å². The quantitative estimate of drug-likeness (QED) is 0.596. The number of benzene rings is 2. The Kier molecular flexibility index (Phi) is 5.37. The fourth-order valence-electron chi connectivity index (χ4n) is 2.39. The Labute approximate surface area is 158 Å². The normalized spacial score (nSPS) is 10.6. The average Bonchev–Trinajstić information content (AvgIpc) is 2.65. The van der Waals surface area contributed by atoms with Gasteiger partial charge in [-0.3, -0.25) is 4.98 Å². The van der Waals surface area contributed by atoms with Crippen LogP contribution < -0.4 is 16.7 Å². The molecule has 138 valence electrons. The SMILES string of the molecule is O=C(O)c1ccc(CNc2nc(=O)n(Cc3ccc(Cl)cc3)c(=O)[nH]2)cc1. The van der Waals surface area contributed by atoms with Crippen LogP contribution in [0.25, 0.3) is 0 Å². The zero-order valence-corrected chi connectivity index (χ0v) is 14.7. The van der Waals surface area contributed by atoms with E-state index in [2.05, 4.69) is 15.3 Å². The number of carbonyl (C=O) groups is 1. The van der Waals surface area contributed by atoms with E-state index in [0.717, 1.165) is 15.7 Å². The van der Waals surface area contributed by atoms with E-state index < -0.39 is 17.3 Å². The average molecular weight is 387 g/mol. The summed E-state index contributed by atoms with van der Waals surface area (Å²) in [6, 6.07) is 13.0. The number of nitrogens with zero attached hydrogens (tertiary/aromatic N) is 2. The number of hydrogen-bond acceptors (Lipinski definition) is 5. The highest BCUT2D eigenvalue weighted by Crippen LogP contribution is 2.10. The molecular weight excluding hydrogens is 372 g/mol. The molecule has 0 aliphatic heterocycles. The van der Waals surface area contributed by atoms with Crippen molar-refractivity contribution in [3.8, 4) is 0 Å². The van der Waals surface area contributed by atoms with E-state index in [1.54, 1.807) is 36.4 Å². The Bertz CT molecular complexity index is 1040. The van der Waals surface area contributed by atoms with Crippen molar-refractivity contribution >= 4 is 23.5 Å². The van der Waals surface area contributed by atoms with Crippen LogP contribution in [0.15, 0.2) is 58.1 Å². The van der Waals surface area contributed by atoms with E-state index in [0.29, 0.717) is 5.02 Å². The Morgan fingerprint density at radius 2 is 1.70 bits per heavy atom. The summed E-state index contributed by atoms with van der Waals surface area (Å²) >= 11 is 5.82. The first kappa shape index (κ1) is 18.4. The van der Waals surface area contributed by atoms with Gasteiger partial charge in [-0.1, -0.05) is 35.9 Å². The minimum atomic E-state index is -1.01. The summed E-state index contributed by atoms with van der Waals surface area (Å²) in [6.45, 7) is 0.346. The molecule has 0 amide bonds. The predicted octanol–water partition coefficient (Wildman–Crippen LogP) is 1.94. The van der Waals surface area contributed by atoms with E-state index in [1.807, 2.05) is 0 Å². The summed E-state index contributed by atoms with van der Waals surface area (Å²) in [4.78, 5) is 41.5. The Balaban J connectivity index is 1.72. The van der Waals surface area contributed by atoms with Crippen molar-refractivity contribution in [1.29, 1.82) is 0 Å². The molecule has 0 aliphatic rings. The Hall–Kier alpha value is -3.39. The van der Waals surface area contributed by atoms with Crippen molar-refractivity contribution < 1.29 is 9.90 Å². The van der Waals surface area contributed by atoms with Crippen LogP contribution in [0, 0.1) is 0 Å². The summed E-state index contributed by atoms with van der Waals surface area (Å²) in [7, 11) is 0. The van der Waals surface area contributed by atoms with Crippen LogP contribution in [0.5, 0.6) is 0 Å². The number of rotatable bonds is 6. The standard InChI is InChI=1S/C18H15ClN4O4/c19-14-7-3-12(4-8-14)10-23-17(26)21-16(22-18(23)27)20-9-11-1-5-13(6-2-11)15(24)25/h1-8H,9-10H2,(H,24,25)(H2,20,21,22,26,27). The molecule has 0 saturated heterocycles. The number of carboxylic acid groups (broad SMARTS) is 1. The topological polar surface area (TPSA) is 117 Å². The van der Waals surface area contributed by atoms with E-state index in [-0.39, 0.29) is 24.6 Å². The number of anilines is 1. The third kappa shape index (κ3) is 4.62. The summed E-state index contributed by atoms with van der Waals surface area (Å²) in [5, 5.41) is 12.3. The van der Waals surface area contributed by atoms with Gasteiger partial charge in [0.05, 0.1) is 12.1 Å². The van der Waals surface area contributed by atoms with Crippen LogP contribution in [0.2, 0.25) is 5.02 Å². The lowest BCUT2D eigenvalue weighted by Gasteiger charge is -2.08. The van der Waals surface area contributed by atoms with Gasteiger partial charge in [-0.2, -0.15) is 4.98 Å². The summed E-state index contributed by atoms with van der Waals surface area (Å²) < 4.78 is 0.982. The molecule has 3 aromatic rings. The highest BCUT2D eigenvalue weighted by molar-refractivity contribution is 6.30. The van der Waals surface area contributed by atoms with Crippen molar-refractivity contribution in [3.63, 3.8) is 0 Å². The number of carboxylic acids is 1. The molecule has 0 saturated carbocycles. The minimum absolute atomic E-state index is 0.0414. The largest absolute Gasteiger partial charge is 0.478 e. The lowest BCUT2D eigenvalue weighted by atomic mass is 10.1. The second-order valence-corrected chi connectivity index (χ2v) is 6.18. The zero-order valence-electron chi connectivity index (χ0n) is 14.0. The number of halogens is 1. The Morgan fingerprint density at radius 3 is 2.30 bits per heavy atom. The van der Waals surface area contributed by atoms with Gasteiger partial charge in [0.2, 0.25) is 5.95 Å². The van der Waals surface area contributed by atoms with Crippen LogP contribution in [-0.2, 0) is 13.1 Å². The van der Waals surface area contributed by atoms with Crippen molar-refractivity contribution in [2.45, 2.75) is 13.1 Å². The van der Waals surface area contributed by atoms with Gasteiger partial charge in [-0.25, -0.2) is 19.0 Å². The first-order valence-corrected chi connectivity index (χ1v) is 8.32. The van der Waals surface area contributed by atoms with Crippen LogP contribution in [0.1, 0.15) is 21.5 Å². The molecule has 0 radical (unpaired) electrons. The first-order valence-electron chi connectivity index (χ1n) is 7.94. The number of nitrogens with one attached hydrogen (secondary N) is 2. The Morgan fingerprint density at radius 1 is 1.07 bits per heavy atom. The van der Waals surface area contributed by atoms with Gasteiger partial charge in [0.25, 0.3) is 0 Å². The third-order valence-electron chi connectivity index (χ3n) is 3.82. The van der Waals surface area contributed by atoms with Crippen molar-refractivity contribution in [2.75, 3.05) is 5.32 Å². The fraction of sp³-hybridized carbons (Fsp3) is 0.111. The number of aromatic nitrogens is 3. The zero-order chi connectivity index (χ0) is 19.4. The molecule has 1 heterocycles. The fourth-order valence-corrected chi connectivity index (χ4v) is 2.51. The molecular formula is C18H15ClN4O4. The van der Waals surface area contributed by atoms with Gasteiger partial charge in [-0.15, -0.1) is 0 Å². The van der Waals surface area contributed by atoms with Crippen molar-refractivity contribution in [2.24, 2.45) is 0 Å². The van der Waals surface area contributed by atoms with Gasteiger partial charge in [-0.05, 0) is 35.4 Å². The molecule has 0 bridgehead atoms. The number of H-pyrrole nitrogens is 1. The maximum atomic E-state index is 12.2. The van der Waals surface area contributed by atoms with Gasteiger partial charge in [0, 0.05) is 11.6 Å². The molecule has 0 spiro atoms. The molecule has 27 heavy (non-hydrogen) atoms. The highest BCUT2D eigenvalue weighted by Gasteiger charge is 2.07. The summed E-state index contributed by atoms with van der Waals surface area (Å²) in [5.41, 5.74) is 0.419. The smallest absolute Gasteiger partial charge is 0.355 e. The van der Waals surface area contributed by atoms with Gasteiger partial charge in [0.1, 0.15) is 0 Å². The van der Waals surface area contributed by atoms with Crippen molar-refractivity contribution in [1.82, 2.24) is 14.5 Å². The molecule has 0 fully saturated rings. The van der Waals surface area contributed by atoms with Gasteiger partial charge >= 0.3 is 17.3 Å². The van der Waals surface area contributed by atoms with Crippen molar-refractivity contribution in [3.05, 3.63) is 91.2 Å². The highest BCUT2D eigenvalue weighted by atomic mass is 35.5. The van der Waals surface area contributed by atoms with Gasteiger partial charge < -0.3 is 10.4 Å². The van der Waals surface area contributed by atoms with Crippen LogP contribution >= 0.6 is 11.6 Å². The van der Waals surface area contributed by atoms with Gasteiger partial charge in [0.15, 0.2) is 0 Å². The number of aromatic amines is 1. The first-order chi connectivity index (χ1) is 12.9. The summed E-state index contributed by atoms with van der Waals surface area (Å²) in [6.07, 6.45) is 0. The minimum Gasteiger partial charge on any atom is -0.478 e. The molecule has 1 aromatic heterocycles. The molecule has 0 aliphatic carbocycles. The van der Waals surface area contributed by atoms with Crippen LogP contribution in [0.3, 0.4) is 0 Å².